The summed E-state index contributed by atoms with van der Waals surface area (Å²) in [5.41, 5.74) is -0.927. The number of likely N-dealkylation sites (tertiary alicyclic amines) is 1. The highest BCUT2D eigenvalue weighted by atomic mass is 16.5. The second-order valence-corrected chi connectivity index (χ2v) is 9.78. The molecule has 3 aliphatic heterocycles. The molecule has 1 aromatic carbocycles. The van der Waals surface area contributed by atoms with Gasteiger partial charge in [-0.2, -0.15) is 0 Å². The molecular weight excluding hydrogens is 410 g/mol. The third-order valence-electron chi connectivity index (χ3n) is 7.62. The summed E-state index contributed by atoms with van der Waals surface area (Å²) in [7, 11) is 1.55. The van der Waals surface area contributed by atoms with Gasteiger partial charge in [-0.25, -0.2) is 0 Å². The van der Waals surface area contributed by atoms with Gasteiger partial charge in [-0.15, -0.1) is 0 Å². The molecule has 1 spiro atoms. The topological polar surface area (TPSA) is 108 Å². The van der Waals surface area contributed by atoms with Crippen LogP contribution >= 0.6 is 0 Å². The molecule has 3 saturated heterocycles. The maximum Gasteiger partial charge on any atom is 0.246 e. The average molecular weight is 444 g/mol. The van der Waals surface area contributed by atoms with Crippen molar-refractivity contribution >= 4 is 17.7 Å². The fourth-order valence-electron chi connectivity index (χ4n) is 6.08. The molecule has 0 saturated carbocycles. The standard InChI is InChI=1S/C24H33N3O5/c1-14(2)16(13-28)27-19(21(30)26-12-15-8-6-5-7-9-15)24-11-10-23(3,32-24)17(20(29)25-4)18(24)22(27)31/h5-9,14,16-19,28H,10-13H2,1-4H3,(H,25,29)(H,26,30)/t16-,17+,18-,19?,23-,24?/m0/s1. The van der Waals surface area contributed by atoms with Crippen LogP contribution in [0.2, 0.25) is 0 Å². The number of fused-ring (bicyclic) bond motifs is 1. The van der Waals surface area contributed by atoms with Crippen molar-refractivity contribution in [3.63, 3.8) is 0 Å². The Hall–Kier alpha value is -2.45. The largest absolute Gasteiger partial charge is 0.394 e. The summed E-state index contributed by atoms with van der Waals surface area (Å²) in [5.74, 6) is -2.34. The van der Waals surface area contributed by atoms with E-state index in [0.717, 1.165) is 5.56 Å². The minimum atomic E-state index is -1.08. The minimum Gasteiger partial charge on any atom is -0.394 e. The molecule has 1 aromatic rings. The molecule has 6 atom stereocenters. The predicted molar refractivity (Wildman–Crippen MR) is 117 cm³/mol. The summed E-state index contributed by atoms with van der Waals surface area (Å²) in [4.78, 5) is 41.8. The van der Waals surface area contributed by atoms with Gasteiger partial charge in [0.15, 0.2) is 0 Å². The van der Waals surface area contributed by atoms with Crippen molar-refractivity contribution in [3.05, 3.63) is 35.9 Å². The molecule has 4 rings (SSSR count). The van der Waals surface area contributed by atoms with Crippen LogP contribution in [-0.4, -0.2) is 64.7 Å². The summed E-state index contributed by atoms with van der Waals surface area (Å²) in [6.07, 6.45) is 1.11. The number of benzene rings is 1. The van der Waals surface area contributed by atoms with Crippen molar-refractivity contribution in [1.29, 1.82) is 0 Å². The molecule has 0 aliphatic carbocycles. The van der Waals surface area contributed by atoms with Crippen LogP contribution in [0.25, 0.3) is 0 Å². The Morgan fingerprint density at radius 3 is 2.50 bits per heavy atom. The normalized spacial score (nSPS) is 34.0. The predicted octanol–water partition coefficient (Wildman–Crippen LogP) is 0.830. The van der Waals surface area contributed by atoms with E-state index in [1.54, 1.807) is 7.05 Å². The molecular formula is C24H33N3O5. The number of amides is 3. The van der Waals surface area contributed by atoms with Gasteiger partial charge in [0.1, 0.15) is 11.6 Å². The van der Waals surface area contributed by atoms with Gasteiger partial charge >= 0.3 is 0 Å². The Morgan fingerprint density at radius 2 is 1.91 bits per heavy atom. The molecule has 2 bridgehead atoms. The van der Waals surface area contributed by atoms with Gasteiger partial charge in [-0.3, -0.25) is 14.4 Å². The number of ether oxygens (including phenoxy) is 1. The summed E-state index contributed by atoms with van der Waals surface area (Å²) >= 11 is 0. The number of aliphatic hydroxyl groups excluding tert-OH is 1. The third-order valence-corrected chi connectivity index (χ3v) is 7.62. The van der Waals surface area contributed by atoms with E-state index >= 15 is 0 Å². The highest BCUT2D eigenvalue weighted by Crippen LogP contribution is 2.63. The fourth-order valence-corrected chi connectivity index (χ4v) is 6.08. The third kappa shape index (κ3) is 3.23. The lowest BCUT2D eigenvalue weighted by atomic mass is 9.66. The lowest BCUT2D eigenvalue weighted by Gasteiger charge is -2.38. The van der Waals surface area contributed by atoms with Crippen molar-refractivity contribution < 1.29 is 24.2 Å². The van der Waals surface area contributed by atoms with Gasteiger partial charge in [-0.05, 0) is 31.2 Å². The quantitative estimate of drug-likeness (QED) is 0.579. The SMILES string of the molecule is CNC(=O)[C@H]1[C@H]2C(=O)N([C@@H](CO)C(C)C)C(C(=O)NCc3ccccc3)C23CC[C@]1(C)O3. The number of hydrogen-bond acceptors (Lipinski definition) is 5. The molecule has 8 heteroatoms. The number of aliphatic hydroxyl groups is 1. The van der Waals surface area contributed by atoms with Crippen molar-refractivity contribution in [2.45, 2.75) is 63.4 Å². The van der Waals surface area contributed by atoms with Crippen LogP contribution in [0.1, 0.15) is 39.2 Å². The van der Waals surface area contributed by atoms with Crippen LogP contribution in [0.15, 0.2) is 30.3 Å². The lowest BCUT2D eigenvalue weighted by molar-refractivity contribution is -0.150. The number of rotatable bonds is 7. The first-order valence-corrected chi connectivity index (χ1v) is 11.4. The maximum atomic E-state index is 13.8. The van der Waals surface area contributed by atoms with E-state index in [1.807, 2.05) is 51.1 Å². The van der Waals surface area contributed by atoms with Crippen molar-refractivity contribution in [2.75, 3.05) is 13.7 Å². The van der Waals surface area contributed by atoms with E-state index in [-0.39, 0.29) is 30.2 Å². The molecule has 2 unspecified atom stereocenters. The van der Waals surface area contributed by atoms with E-state index in [9.17, 15) is 19.5 Å². The van der Waals surface area contributed by atoms with Crippen molar-refractivity contribution in [2.24, 2.45) is 17.8 Å². The lowest BCUT2D eigenvalue weighted by Crippen LogP contribution is -2.58. The van der Waals surface area contributed by atoms with Gasteiger partial charge in [0.2, 0.25) is 17.7 Å². The summed E-state index contributed by atoms with van der Waals surface area (Å²) in [5, 5.41) is 15.8. The first kappa shape index (κ1) is 22.7. The van der Waals surface area contributed by atoms with E-state index in [4.69, 9.17) is 4.74 Å². The van der Waals surface area contributed by atoms with Crippen LogP contribution in [0, 0.1) is 17.8 Å². The summed E-state index contributed by atoms with van der Waals surface area (Å²) < 4.78 is 6.50. The van der Waals surface area contributed by atoms with Gasteiger partial charge in [0.25, 0.3) is 0 Å². The molecule has 3 N–H and O–H groups in total. The summed E-state index contributed by atoms with van der Waals surface area (Å²) in [6, 6.07) is 8.10. The Kier molecular flexibility index (Phi) is 5.79. The number of hydrogen-bond donors (Lipinski definition) is 3. The first-order valence-electron chi connectivity index (χ1n) is 11.4. The van der Waals surface area contributed by atoms with E-state index < -0.39 is 35.1 Å². The number of carbonyl (C=O) groups is 3. The monoisotopic (exact) mass is 443 g/mol. The zero-order chi connectivity index (χ0) is 23.3. The Morgan fingerprint density at radius 1 is 1.22 bits per heavy atom. The Labute approximate surface area is 188 Å². The average Bonchev–Trinajstić information content (AvgIpc) is 3.34. The number of carbonyl (C=O) groups excluding carboxylic acids is 3. The molecule has 0 radical (unpaired) electrons. The van der Waals surface area contributed by atoms with Gasteiger partial charge in [-0.1, -0.05) is 44.2 Å². The van der Waals surface area contributed by atoms with Crippen LogP contribution in [0.5, 0.6) is 0 Å². The van der Waals surface area contributed by atoms with E-state index in [0.29, 0.717) is 19.4 Å². The second-order valence-electron chi connectivity index (χ2n) is 9.78. The molecule has 32 heavy (non-hydrogen) atoms. The highest BCUT2D eigenvalue weighted by molar-refractivity contribution is 5.99. The molecule has 3 amide bonds. The molecule has 8 nitrogen and oxygen atoms in total. The molecule has 3 fully saturated rings. The maximum absolute atomic E-state index is 13.8. The Bertz CT molecular complexity index is 906. The molecule has 3 aliphatic rings. The molecule has 174 valence electrons. The van der Waals surface area contributed by atoms with Crippen molar-refractivity contribution in [3.8, 4) is 0 Å². The minimum absolute atomic E-state index is 0.0742. The van der Waals surface area contributed by atoms with Crippen molar-refractivity contribution in [1.82, 2.24) is 15.5 Å². The zero-order valence-electron chi connectivity index (χ0n) is 19.1. The fraction of sp³-hybridized carbons (Fsp3) is 0.625. The Balaban J connectivity index is 1.73. The number of nitrogens with zero attached hydrogens (tertiary/aromatic N) is 1. The molecule has 0 aromatic heterocycles. The van der Waals surface area contributed by atoms with Crippen LogP contribution in [0.3, 0.4) is 0 Å². The zero-order valence-corrected chi connectivity index (χ0v) is 19.1. The van der Waals surface area contributed by atoms with Crippen LogP contribution in [-0.2, 0) is 25.7 Å². The van der Waals surface area contributed by atoms with E-state index in [1.165, 1.54) is 4.90 Å². The van der Waals surface area contributed by atoms with Crippen LogP contribution < -0.4 is 10.6 Å². The molecule has 3 heterocycles. The second kappa shape index (κ2) is 8.15. The number of nitrogens with one attached hydrogen (secondary N) is 2. The smallest absolute Gasteiger partial charge is 0.246 e. The summed E-state index contributed by atoms with van der Waals surface area (Å²) in [6.45, 7) is 5.74. The first-order chi connectivity index (χ1) is 15.2. The van der Waals surface area contributed by atoms with E-state index in [2.05, 4.69) is 10.6 Å². The van der Waals surface area contributed by atoms with Gasteiger partial charge < -0.3 is 25.4 Å². The van der Waals surface area contributed by atoms with Gasteiger partial charge in [0, 0.05) is 13.6 Å². The highest BCUT2D eigenvalue weighted by Gasteiger charge is 2.78. The van der Waals surface area contributed by atoms with Crippen LogP contribution in [0.4, 0.5) is 0 Å². The van der Waals surface area contributed by atoms with Gasteiger partial charge in [0.05, 0.1) is 30.1 Å².